The van der Waals surface area contributed by atoms with Crippen LogP contribution < -0.4 is 11.1 Å². The van der Waals surface area contributed by atoms with Gasteiger partial charge in [-0.3, -0.25) is 0 Å². The summed E-state index contributed by atoms with van der Waals surface area (Å²) in [4.78, 5) is 0. The van der Waals surface area contributed by atoms with Crippen molar-refractivity contribution in [1.29, 1.82) is 0 Å². The van der Waals surface area contributed by atoms with Crippen LogP contribution in [0.15, 0.2) is 11.0 Å². The van der Waals surface area contributed by atoms with Crippen molar-refractivity contribution >= 4 is 29.1 Å². The first-order chi connectivity index (χ1) is 4.68. The molecular formula is C6H10N2S2. The Hall–Kier alpha value is -0.220. The maximum atomic E-state index is 5.30. The van der Waals surface area contributed by atoms with Crippen molar-refractivity contribution in [2.24, 2.45) is 5.73 Å². The number of hydrogen-bond acceptors (Lipinski definition) is 2. The van der Waals surface area contributed by atoms with Crippen molar-refractivity contribution in [1.82, 2.24) is 5.32 Å². The van der Waals surface area contributed by atoms with Crippen LogP contribution in [0.2, 0.25) is 0 Å². The number of nitrogens with two attached hydrogens (primary N) is 1. The molecule has 0 aliphatic carbocycles. The topological polar surface area (TPSA) is 38.0 Å². The fourth-order valence-electron chi connectivity index (χ4n) is 0.831. The van der Waals surface area contributed by atoms with Gasteiger partial charge in [-0.25, -0.2) is 0 Å². The lowest BCUT2D eigenvalue weighted by Crippen LogP contribution is -2.35. The highest BCUT2D eigenvalue weighted by atomic mass is 32.2. The van der Waals surface area contributed by atoms with Crippen molar-refractivity contribution in [2.45, 2.75) is 18.7 Å². The van der Waals surface area contributed by atoms with Crippen molar-refractivity contribution in [2.75, 3.05) is 0 Å². The zero-order valence-electron chi connectivity index (χ0n) is 5.76. The van der Waals surface area contributed by atoms with Crippen LogP contribution in [0.1, 0.15) is 13.3 Å². The molecule has 1 aliphatic heterocycles. The zero-order valence-corrected chi connectivity index (χ0v) is 7.39. The largest absolute Gasteiger partial charge is 0.376 e. The van der Waals surface area contributed by atoms with Crippen molar-refractivity contribution in [3.05, 3.63) is 11.0 Å². The zero-order chi connectivity index (χ0) is 7.56. The predicted molar refractivity (Wildman–Crippen MR) is 49.7 cm³/mol. The van der Waals surface area contributed by atoms with Gasteiger partial charge in [-0.05, 0) is 31.0 Å². The van der Waals surface area contributed by atoms with Gasteiger partial charge in [0.1, 0.15) is 0 Å². The van der Waals surface area contributed by atoms with Crippen molar-refractivity contribution in [3.63, 3.8) is 0 Å². The normalized spacial score (nSPS) is 24.1. The average Bonchev–Trinajstić information content (AvgIpc) is 2.13. The van der Waals surface area contributed by atoms with Gasteiger partial charge in [0.25, 0.3) is 0 Å². The molecule has 3 N–H and O–H groups in total. The Bertz CT molecular complexity index is 177. The van der Waals surface area contributed by atoms with Crippen LogP contribution >= 0.6 is 24.0 Å². The molecule has 0 saturated heterocycles. The molecule has 0 aromatic rings. The Morgan fingerprint density at radius 3 is 3.10 bits per heavy atom. The summed E-state index contributed by atoms with van der Waals surface area (Å²) in [6.07, 6.45) is 1.04. The van der Waals surface area contributed by atoms with E-state index in [1.54, 1.807) is 11.8 Å². The van der Waals surface area contributed by atoms with Crippen LogP contribution in [0.5, 0.6) is 0 Å². The molecular weight excluding hydrogens is 164 g/mol. The van der Waals surface area contributed by atoms with E-state index in [9.17, 15) is 0 Å². The lowest BCUT2D eigenvalue weighted by atomic mass is 10.2. The quantitative estimate of drug-likeness (QED) is 0.586. The second kappa shape index (κ2) is 3.25. The molecule has 10 heavy (non-hydrogen) atoms. The third-order valence-corrected chi connectivity index (χ3v) is 2.51. The SMILES string of the molecule is CC1=CSC(NC(N)=S)C1. The highest BCUT2D eigenvalue weighted by molar-refractivity contribution is 8.03. The lowest BCUT2D eigenvalue weighted by Gasteiger charge is -2.10. The van der Waals surface area contributed by atoms with Gasteiger partial charge in [0.05, 0.1) is 5.37 Å². The molecule has 2 nitrogen and oxygen atoms in total. The molecule has 0 aromatic carbocycles. The molecule has 0 radical (unpaired) electrons. The average molecular weight is 174 g/mol. The highest BCUT2D eigenvalue weighted by Crippen LogP contribution is 2.27. The van der Waals surface area contributed by atoms with E-state index in [0.29, 0.717) is 10.5 Å². The predicted octanol–water partition coefficient (Wildman–Crippen LogP) is 1.19. The number of nitrogens with one attached hydrogen (secondary N) is 1. The first kappa shape index (κ1) is 7.88. The summed E-state index contributed by atoms with van der Waals surface area (Å²) in [6, 6.07) is 0. The van der Waals surface area contributed by atoms with Crippen molar-refractivity contribution in [3.8, 4) is 0 Å². The third kappa shape index (κ3) is 2.19. The Labute approximate surface area is 70.2 Å². The molecule has 1 aliphatic rings. The van der Waals surface area contributed by atoms with Gasteiger partial charge in [0.2, 0.25) is 0 Å². The molecule has 0 bridgehead atoms. The first-order valence-electron chi connectivity index (χ1n) is 3.05. The van der Waals surface area contributed by atoms with E-state index < -0.39 is 0 Å². The Balaban J connectivity index is 2.29. The van der Waals surface area contributed by atoms with E-state index in [1.165, 1.54) is 5.57 Å². The Morgan fingerprint density at radius 2 is 2.70 bits per heavy atom. The smallest absolute Gasteiger partial charge is 0.164 e. The van der Waals surface area contributed by atoms with E-state index in [4.69, 9.17) is 18.0 Å². The fourth-order valence-corrected chi connectivity index (χ4v) is 2.09. The number of rotatable bonds is 1. The van der Waals surface area contributed by atoms with Crippen LogP contribution in [0.4, 0.5) is 0 Å². The number of thiocarbonyl (C=S) groups is 1. The minimum absolute atomic E-state index is 0.373. The second-order valence-electron chi connectivity index (χ2n) is 2.30. The summed E-state index contributed by atoms with van der Waals surface area (Å²) >= 11 is 6.44. The van der Waals surface area contributed by atoms with Gasteiger partial charge in [-0.15, -0.1) is 11.8 Å². The van der Waals surface area contributed by atoms with Gasteiger partial charge < -0.3 is 11.1 Å². The van der Waals surface area contributed by atoms with Gasteiger partial charge in [-0.1, -0.05) is 5.57 Å². The van der Waals surface area contributed by atoms with E-state index >= 15 is 0 Å². The molecule has 4 heteroatoms. The maximum Gasteiger partial charge on any atom is 0.164 e. The summed E-state index contributed by atoms with van der Waals surface area (Å²) in [5.74, 6) is 0. The van der Waals surface area contributed by atoms with Gasteiger partial charge in [-0.2, -0.15) is 0 Å². The molecule has 0 saturated carbocycles. The molecule has 1 rings (SSSR count). The summed E-state index contributed by atoms with van der Waals surface area (Å²) in [5, 5.41) is 5.89. The second-order valence-corrected chi connectivity index (χ2v) is 3.82. The van der Waals surface area contributed by atoms with Crippen LogP contribution in [0.3, 0.4) is 0 Å². The Kier molecular flexibility index (Phi) is 2.56. The molecule has 0 spiro atoms. The highest BCUT2D eigenvalue weighted by Gasteiger charge is 2.14. The first-order valence-corrected chi connectivity index (χ1v) is 4.40. The number of thioether (sulfide) groups is 1. The third-order valence-electron chi connectivity index (χ3n) is 1.24. The lowest BCUT2D eigenvalue weighted by molar-refractivity contribution is 0.816. The van der Waals surface area contributed by atoms with Crippen LogP contribution in [0.25, 0.3) is 0 Å². The molecule has 56 valence electrons. The Morgan fingerprint density at radius 1 is 2.00 bits per heavy atom. The van der Waals surface area contributed by atoms with E-state index in [2.05, 4.69) is 17.6 Å². The molecule has 1 heterocycles. The minimum atomic E-state index is 0.373. The van der Waals surface area contributed by atoms with Crippen LogP contribution in [0, 0.1) is 0 Å². The monoisotopic (exact) mass is 174 g/mol. The molecule has 1 atom stereocenters. The molecule has 0 amide bonds. The minimum Gasteiger partial charge on any atom is -0.376 e. The standard InChI is InChI=1S/C6H10N2S2/c1-4-2-5(10-3-4)8-6(7)9/h3,5H,2H2,1H3,(H3,7,8,9). The molecule has 0 fully saturated rings. The van der Waals surface area contributed by atoms with Gasteiger partial charge >= 0.3 is 0 Å². The summed E-state index contributed by atoms with van der Waals surface area (Å²) in [7, 11) is 0. The summed E-state index contributed by atoms with van der Waals surface area (Å²) < 4.78 is 0. The molecule has 1 unspecified atom stereocenters. The summed E-state index contributed by atoms with van der Waals surface area (Å²) in [6.45, 7) is 2.11. The van der Waals surface area contributed by atoms with Crippen LogP contribution in [-0.4, -0.2) is 10.5 Å². The maximum absolute atomic E-state index is 5.30. The van der Waals surface area contributed by atoms with Crippen LogP contribution in [-0.2, 0) is 0 Å². The summed E-state index contributed by atoms with van der Waals surface area (Å²) in [5.41, 5.74) is 6.69. The van der Waals surface area contributed by atoms with E-state index in [-0.39, 0.29) is 0 Å². The number of hydrogen-bond donors (Lipinski definition) is 2. The van der Waals surface area contributed by atoms with E-state index in [0.717, 1.165) is 6.42 Å². The van der Waals surface area contributed by atoms with Gasteiger partial charge in [0.15, 0.2) is 5.11 Å². The van der Waals surface area contributed by atoms with Crippen molar-refractivity contribution < 1.29 is 0 Å². The fraction of sp³-hybridized carbons (Fsp3) is 0.500. The molecule has 0 aromatic heterocycles. The van der Waals surface area contributed by atoms with Gasteiger partial charge in [0, 0.05) is 0 Å². The van der Waals surface area contributed by atoms with E-state index in [1.807, 2.05) is 0 Å².